The molecule has 0 N–H and O–H groups in total. The molecule has 0 radical (unpaired) electrons. The van der Waals surface area contributed by atoms with Gasteiger partial charge in [-0.3, -0.25) is 4.79 Å². The second kappa shape index (κ2) is 19.3. The van der Waals surface area contributed by atoms with Crippen LogP contribution >= 0.6 is 11.8 Å². The van der Waals surface area contributed by atoms with E-state index in [0.717, 1.165) is 20.8 Å². The number of esters is 1. The van der Waals surface area contributed by atoms with E-state index in [4.69, 9.17) is 23.4 Å². The number of ketones is 1. The summed E-state index contributed by atoms with van der Waals surface area (Å²) in [6, 6.07) is 35.3. The number of rotatable bonds is 16. The number of thioether (sulfide) groups is 1. The second-order valence-corrected chi connectivity index (χ2v) is 21.9. The fraction of sp³-hybridized carbons (Fsp3) is 0.422. The third-order valence-corrected chi connectivity index (χ3v) is 16.4. The van der Waals surface area contributed by atoms with E-state index in [1.807, 2.05) is 72.8 Å². The summed E-state index contributed by atoms with van der Waals surface area (Å²) in [5.41, 5.74) is 11.2. The molecule has 0 amide bonds. The van der Waals surface area contributed by atoms with E-state index in [2.05, 4.69) is 88.0 Å². The van der Waals surface area contributed by atoms with Crippen molar-refractivity contribution in [3.05, 3.63) is 131 Å². The van der Waals surface area contributed by atoms with Crippen LogP contribution in [0.5, 0.6) is 5.75 Å². The van der Waals surface area contributed by atoms with Gasteiger partial charge in [0.25, 0.3) is 8.32 Å². The van der Waals surface area contributed by atoms with Crippen molar-refractivity contribution in [2.45, 2.75) is 113 Å². The highest BCUT2D eigenvalue weighted by Gasteiger charge is 2.54. The van der Waals surface area contributed by atoms with Crippen LogP contribution in [-0.2, 0) is 40.2 Å². The van der Waals surface area contributed by atoms with Crippen LogP contribution in [-0.4, -0.2) is 63.6 Å². The van der Waals surface area contributed by atoms with E-state index in [1.54, 1.807) is 7.11 Å². The average Bonchev–Trinajstić information content (AvgIpc) is 3.18. The van der Waals surface area contributed by atoms with Gasteiger partial charge in [-0.15, -0.1) is 0 Å². The van der Waals surface area contributed by atoms with Gasteiger partial charge in [0.05, 0.1) is 26.7 Å². The van der Waals surface area contributed by atoms with E-state index in [0.29, 0.717) is 5.75 Å². The summed E-state index contributed by atoms with van der Waals surface area (Å²) < 4.78 is 32.6. The molecule has 5 rings (SSSR count). The lowest BCUT2D eigenvalue weighted by molar-refractivity contribution is -0.206. The minimum Gasteiger partial charge on any atom is -0.497 e. The van der Waals surface area contributed by atoms with Gasteiger partial charge in [-0.05, 0) is 68.7 Å². The number of nitrogens with zero attached hydrogens (tertiary/aromatic N) is 3. The van der Waals surface area contributed by atoms with Gasteiger partial charge in [0, 0.05) is 16.2 Å². The Kier molecular flexibility index (Phi) is 14.8. The normalized spacial score (nSPS) is 20.0. The number of benzene rings is 4. The van der Waals surface area contributed by atoms with Gasteiger partial charge in [0.2, 0.25) is 0 Å². The molecule has 1 aliphatic rings. The van der Waals surface area contributed by atoms with Gasteiger partial charge in [0.1, 0.15) is 35.2 Å². The van der Waals surface area contributed by atoms with Crippen LogP contribution in [0.4, 0.5) is 0 Å². The van der Waals surface area contributed by atoms with Crippen molar-refractivity contribution in [2.24, 2.45) is 5.11 Å². The fourth-order valence-corrected chi connectivity index (χ4v) is 12.9. The Labute approximate surface area is 342 Å². The molecule has 5 atom stereocenters. The molecule has 0 aromatic heterocycles. The number of carbonyl (C=O) groups excluding carboxylic acids is 2. The molecule has 0 bridgehead atoms. The molecule has 1 aliphatic heterocycles. The molecule has 4 aromatic rings. The first-order valence-electron chi connectivity index (χ1n) is 19.3. The Morgan fingerprint density at radius 1 is 0.825 bits per heavy atom. The van der Waals surface area contributed by atoms with Crippen LogP contribution in [0.2, 0.25) is 5.04 Å². The summed E-state index contributed by atoms with van der Waals surface area (Å²) in [7, 11) is -1.49. The molecule has 1 saturated heterocycles. The maximum absolute atomic E-state index is 13.6. The maximum atomic E-state index is 13.6. The average molecular weight is 810 g/mol. The molecular weight excluding hydrogens is 755 g/mol. The number of azide groups is 1. The van der Waals surface area contributed by atoms with Gasteiger partial charge < -0.3 is 28.2 Å². The minimum absolute atomic E-state index is 0.0236. The maximum Gasteiger partial charge on any atom is 0.306 e. The van der Waals surface area contributed by atoms with Gasteiger partial charge in [-0.2, -0.15) is 0 Å². The molecule has 1 heterocycles. The Hall–Kier alpha value is -4.42. The summed E-state index contributed by atoms with van der Waals surface area (Å²) in [5.74, 6) is -0.0222. The van der Waals surface area contributed by atoms with Crippen LogP contribution in [0, 0.1) is 0 Å². The number of Topliss-reactive ketones (excluding diaryl/α,β-unsaturated/α-hetero) is 1. The lowest BCUT2D eigenvalue weighted by Crippen LogP contribution is -2.68. The predicted molar refractivity (Wildman–Crippen MR) is 228 cm³/mol. The van der Waals surface area contributed by atoms with Crippen molar-refractivity contribution in [1.29, 1.82) is 0 Å². The fourth-order valence-electron chi connectivity index (χ4n) is 7.18. The molecule has 1 fully saturated rings. The first-order valence-corrected chi connectivity index (χ1v) is 22.1. The molecule has 12 heteroatoms. The lowest BCUT2D eigenvalue weighted by Gasteiger charge is -2.47. The number of carbonyl (C=O) groups is 2. The van der Waals surface area contributed by atoms with Crippen molar-refractivity contribution in [3.63, 3.8) is 0 Å². The molecule has 0 saturated carbocycles. The highest BCUT2D eigenvalue weighted by molar-refractivity contribution is 7.99. The molecule has 302 valence electrons. The monoisotopic (exact) mass is 809 g/mol. The zero-order chi connectivity index (χ0) is 41.2. The van der Waals surface area contributed by atoms with E-state index in [-0.39, 0.29) is 42.3 Å². The summed E-state index contributed by atoms with van der Waals surface area (Å²) in [4.78, 5) is 29.7. The van der Waals surface area contributed by atoms with Gasteiger partial charge in [-0.1, -0.05) is 143 Å². The number of hydrogen-bond acceptors (Lipinski definition) is 9. The zero-order valence-electron chi connectivity index (χ0n) is 34.2. The van der Waals surface area contributed by atoms with Crippen LogP contribution in [0.1, 0.15) is 72.4 Å². The second-order valence-electron chi connectivity index (χ2n) is 16.4. The quantitative estimate of drug-likeness (QED) is 0.0361. The Bertz CT molecular complexity index is 1920. The van der Waals surface area contributed by atoms with Gasteiger partial charge in [0.15, 0.2) is 6.10 Å². The summed E-state index contributed by atoms with van der Waals surface area (Å²) >= 11 is 1.42. The van der Waals surface area contributed by atoms with Crippen LogP contribution < -0.4 is 15.1 Å². The first kappa shape index (κ1) is 43.7. The molecule has 0 spiro atoms. The third-order valence-electron chi connectivity index (χ3n) is 10.2. The van der Waals surface area contributed by atoms with Crippen LogP contribution in [0.3, 0.4) is 0 Å². The molecule has 0 aliphatic carbocycles. The van der Waals surface area contributed by atoms with E-state index < -0.39 is 44.1 Å². The smallest absolute Gasteiger partial charge is 0.306 e. The van der Waals surface area contributed by atoms with Gasteiger partial charge in [-0.25, -0.2) is 0 Å². The first-order chi connectivity index (χ1) is 27.2. The van der Waals surface area contributed by atoms with Crippen molar-refractivity contribution in [2.75, 3.05) is 13.7 Å². The van der Waals surface area contributed by atoms with Crippen molar-refractivity contribution >= 4 is 42.2 Å². The molecule has 1 unspecified atom stereocenters. The summed E-state index contributed by atoms with van der Waals surface area (Å²) in [6.45, 7) is 14.7. The number of methoxy groups -OCH3 is 1. The van der Waals surface area contributed by atoms with E-state index in [9.17, 15) is 15.1 Å². The Balaban J connectivity index is 1.61. The van der Waals surface area contributed by atoms with Crippen LogP contribution in [0.15, 0.2) is 119 Å². The molecule has 10 nitrogen and oxygen atoms in total. The van der Waals surface area contributed by atoms with Crippen molar-refractivity contribution in [1.82, 2.24) is 0 Å². The Morgan fingerprint density at radius 3 is 1.93 bits per heavy atom. The largest absolute Gasteiger partial charge is 0.497 e. The standard InChI is InChI=1S/C45H55N3O7SSi/c1-31(49)19-28-39(50)55-41-38(30-53-57(45(5,6)7,36-15-11-9-12-16-36)37-17-13-10-14-18-37)54-43(56-35-26-22-33(23-27-35)44(2,3)4)40(47-48-46)42(41)52-29-32-20-24-34(51-8)25-21-32/h9-18,20-27,38,40-43H,19,28-30H2,1-8H3/t38-,40-,41-,42-,43?/m1/s1. The highest BCUT2D eigenvalue weighted by Crippen LogP contribution is 2.41. The molecule has 4 aromatic carbocycles. The zero-order valence-corrected chi connectivity index (χ0v) is 36.0. The summed E-state index contributed by atoms with van der Waals surface area (Å²) in [5, 5.41) is 6.08. The predicted octanol–water partition coefficient (Wildman–Crippen LogP) is 8.93. The highest BCUT2D eigenvalue weighted by atomic mass is 32.2. The van der Waals surface area contributed by atoms with Crippen LogP contribution in [0.25, 0.3) is 10.4 Å². The SMILES string of the molecule is COc1ccc(CO[C@H]2[C@H](OC(=O)CCC(C)=O)[C@@H](CO[Si](c3ccccc3)(c3ccccc3)C(C)(C)C)OC(Sc3ccc(C(C)(C)C)cc3)[C@@H]2N=[N+]=[N-])cc1. The van der Waals surface area contributed by atoms with E-state index >= 15 is 0 Å². The molecule has 57 heavy (non-hydrogen) atoms. The minimum atomic E-state index is -3.09. The Morgan fingerprint density at radius 2 is 1.42 bits per heavy atom. The lowest BCUT2D eigenvalue weighted by atomic mass is 9.87. The van der Waals surface area contributed by atoms with Gasteiger partial charge >= 0.3 is 5.97 Å². The van der Waals surface area contributed by atoms with E-state index in [1.165, 1.54) is 24.2 Å². The van der Waals surface area contributed by atoms with Crippen molar-refractivity contribution in [3.8, 4) is 5.75 Å². The number of ether oxygens (including phenoxy) is 4. The molecular formula is C45H55N3O7SSi. The number of hydrogen-bond donors (Lipinski definition) is 0. The topological polar surface area (TPSA) is 129 Å². The summed E-state index contributed by atoms with van der Waals surface area (Å²) in [6.07, 6.45) is -2.96. The third kappa shape index (κ3) is 11.0. The van der Waals surface area contributed by atoms with Crippen molar-refractivity contribution < 1.29 is 33.0 Å².